The van der Waals surface area contributed by atoms with Crippen LogP contribution in [-0.2, 0) is 19.5 Å². The molecule has 4 rings (SSSR count). The van der Waals surface area contributed by atoms with Crippen LogP contribution in [-0.4, -0.2) is 27.3 Å². The SMILES string of the molecule is Cc1nc(NCc2ccccc2C)cc(C(=O)N2CCc3ccccc3C2)n1. The van der Waals surface area contributed by atoms with Crippen molar-refractivity contribution in [1.82, 2.24) is 14.9 Å². The molecule has 5 heteroatoms. The Bertz CT molecular complexity index is 1010. The molecular weight excluding hydrogens is 348 g/mol. The lowest BCUT2D eigenvalue weighted by molar-refractivity contribution is 0.0728. The molecule has 142 valence electrons. The molecule has 0 saturated heterocycles. The van der Waals surface area contributed by atoms with Gasteiger partial charge in [0.1, 0.15) is 17.3 Å². The van der Waals surface area contributed by atoms with Gasteiger partial charge in [-0.3, -0.25) is 4.79 Å². The summed E-state index contributed by atoms with van der Waals surface area (Å²) in [6.45, 7) is 5.91. The molecule has 0 saturated carbocycles. The molecule has 1 amide bonds. The number of aromatic nitrogens is 2. The molecule has 0 aliphatic carbocycles. The van der Waals surface area contributed by atoms with Gasteiger partial charge in [-0.15, -0.1) is 0 Å². The van der Waals surface area contributed by atoms with E-state index in [0.717, 1.165) is 6.42 Å². The Morgan fingerprint density at radius 1 is 1.04 bits per heavy atom. The van der Waals surface area contributed by atoms with Gasteiger partial charge in [0.25, 0.3) is 5.91 Å². The third kappa shape index (κ3) is 3.88. The van der Waals surface area contributed by atoms with Crippen LogP contribution in [0.5, 0.6) is 0 Å². The van der Waals surface area contributed by atoms with Gasteiger partial charge < -0.3 is 10.2 Å². The van der Waals surface area contributed by atoms with Crippen LogP contribution in [0.1, 0.15) is 38.6 Å². The van der Waals surface area contributed by atoms with Gasteiger partial charge in [-0.25, -0.2) is 9.97 Å². The molecule has 0 atom stereocenters. The highest BCUT2D eigenvalue weighted by Gasteiger charge is 2.23. The van der Waals surface area contributed by atoms with Gasteiger partial charge in [-0.05, 0) is 42.5 Å². The Kier molecular flexibility index (Phi) is 5.06. The van der Waals surface area contributed by atoms with Gasteiger partial charge in [0.15, 0.2) is 0 Å². The molecule has 0 fully saturated rings. The number of hydrogen-bond donors (Lipinski definition) is 1. The summed E-state index contributed by atoms with van der Waals surface area (Å²) in [5.74, 6) is 1.23. The molecule has 0 unspecified atom stereocenters. The van der Waals surface area contributed by atoms with Crippen molar-refractivity contribution in [2.75, 3.05) is 11.9 Å². The molecule has 2 heterocycles. The highest BCUT2D eigenvalue weighted by Crippen LogP contribution is 2.21. The fourth-order valence-electron chi connectivity index (χ4n) is 3.59. The maximum absolute atomic E-state index is 13.1. The molecule has 28 heavy (non-hydrogen) atoms. The number of anilines is 1. The Morgan fingerprint density at radius 3 is 2.61 bits per heavy atom. The average molecular weight is 372 g/mol. The van der Waals surface area contributed by atoms with E-state index in [9.17, 15) is 4.79 Å². The summed E-state index contributed by atoms with van der Waals surface area (Å²) in [6, 6.07) is 18.3. The number of fused-ring (bicyclic) bond motifs is 1. The number of amides is 1. The number of carbonyl (C=O) groups is 1. The second-order valence-corrected chi connectivity index (χ2v) is 7.21. The second kappa shape index (κ2) is 7.80. The fourth-order valence-corrected chi connectivity index (χ4v) is 3.59. The van der Waals surface area contributed by atoms with Crippen LogP contribution >= 0.6 is 0 Å². The van der Waals surface area contributed by atoms with Crippen LogP contribution < -0.4 is 5.32 Å². The van der Waals surface area contributed by atoms with E-state index >= 15 is 0 Å². The summed E-state index contributed by atoms with van der Waals surface area (Å²) in [6.07, 6.45) is 0.879. The van der Waals surface area contributed by atoms with Gasteiger partial charge in [-0.2, -0.15) is 0 Å². The van der Waals surface area contributed by atoms with Crippen molar-refractivity contribution >= 4 is 11.7 Å². The quantitative estimate of drug-likeness (QED) is 0.754. The van der Waals surface area contributed by atoms with E-state index in [1.54, 1.807) is 6.07 Å². The van der Waals surface area contributed by atoms with E-state index in [2.05, 4.69) is 52.5 Å². The lowest BCUT2D eigenvalue weighted by Gasteiger charge is -2.28. The van der Waals surface area contributed by atoms with Crippen LogP contribution in [0, 0.1) is 13.8 Å². The lowest BCUT2D eigenvalue weighted by Crippen LogP contribution is -2.36. The molecule has 1 aromatic heterocycles. The molecule has 0 spiro atoms. The summed E-state index contributed by atoms with van der Waals surface area (Å²) >= 11 is 0. The first-order valence-electron chi connectivity index (χ1n) is 9.60. The van der Waals surface area contributed by atoms with Crippen molar-refractivity contribution < 1.29 is 4.79 Å². The summed E-state index contributed by atoms with van der Waals surface area (Å²) in [5, 5.41) is 3.33. The van der Waals surface area contributed by atoms with Crippen molar-refractivity contribution in [3.8, 4) is 0 Å². The van der Waals surface area contributed by atoms with E-state index in [4.69, 9.17) is 0 Å². The Balaban J connectivity index is 1.50. The zero-order chi connectivity index (χ0) is 19.5. The number of rotatable bonds is 4. The number of carbonyl (C=O) groups excluding carboxylic acids is 1. The van der Waals surface area contributed by atoms with E-state index in [1.807, 2.05) is 30.0 Å². The maximum atomic E-state index is 13.1. The molecule has 2 aromatic carbocycles. The fraction of sp³-hybridized carbons (Fsp3) is 0.261. The summed E-state index contributed by atoms with van der Waals surface area (Å²) in [5.41, 5.74) is 5.42. The number of benzene rings is 2. The van der Waals surface area contributed by atoms with Crippen LogP contribution in [0.25, 0.3) is 0 Å². The van der Waals surface area contributed by atoms with E-state index < -0.39 is 0 Å². The van der Waals surface area contributed by atoms with Crippen molar-refractivity contribution in [3.63, 3.8) is 0 Å². The second-order valence-electron chi connectivity index (χ2n) is 7.21. The van der Waals surface area contributed by atoms with Gasteiger partial charge in [0, 0.05) is 25.7 Å². The average Bonchev–Trinajstić information content (AvgIpc) is 2.72. The Hall–Kier alpha value is -3.21. The Morgan fingerprint density at radius 2 is 1.79 bits per heavy atom. The van der Waals surface area contributed by atoms with Crippen LogP contribution in [0.15, 0.2) is 54.6 Å². The summed E-state index contributed by atoms with van der Waals surface area (Å²) in [7, 11) is 0. The number of hydrogen-bond acceptors (Lipinski definition) is 4. The van der Waals surface area contributed by atoms with E-state index in [1.165, 1.54) is 22.3 Å². The maximum Gasteiger partial charge on any atom is 0.272 e. The smallest absolute Gasteiger partial charge is 0.272 e. The monoisotopic (exact) mass is 372 g/mol. The normalized spacial score (nSPS) is 13.1. The van der Waals surface area contributed by atoms with Crippen molar-refractivity contribution in [3.05, 3.63) is 88.4 Å². The molecule has 1 aliphatic heterocycles. The van der Waals surface area contributed by atoms with Crippen molar-refractivity contribution in [2.45, 2.75) is 33.4 Å². The van der Waals surface area contributed by atoms with Gasteiger partial charge in [0.05, 0.1) is 0 Å². The largest absolute Gasteiger partial charge is 0.366 e. The molecule has 1 N–H and O–H groups in total. The first kappa shape index (κ1) is 18.2. The third-order valence-electron chi connectivity index (χ3n) is 5.20. The van der Waals surface area contributed by atoms with Crippen LogP contribution in [0.2, 0.25) is 0 Å². The predicted octanol–water partition coefficient (Wildman–Crippen LogP) is 3.90. The Labute approximate surface area is 165 Å². The predicted molar refractivity (Wildman–Crippen MR) is 110 cm³/mol. The highest BCUT2D eigenvalue weighted by molar-refractivity contribution is 5.93. The minimum Gasteiger partial charge on any atom is -0.366 e. The van der Waals surface area contributed by atoms with Gasteiger partial charge >= 0.3 is 0 Å². The first-order valence-corrected chi connectivity index (χ1v) is 9.60. The third-order valence-corrected chi connectivity index (χ3v) is 5.20. The molecule has 1 aliphatic rings. The van der Waals surface area contributed by atoms with E-state index in [0.29, 0.717) is 37.0 Å². The van der Waals surface area contributed by atoms with Gasteiger partial charge in [-0.1, -0.05) is 48.5 Å². The molecule has 3 aromatic rings. The minimum absolute atomic E-state index is 0.0426. The zero-order valence-electron chi connectivity index (χ0n) is 16.3. The van der Waals surface area contributed by atoms with Gasteiger partial charge in [0.2, 0.25) is 0 Å². The summed E-state index contributed by atoms with van der Waals surface area (Å²) in [4.78, 5) is 23.8. The van der Waals surface area contributed by atoms with Crippen molar-refractivity contribution in [1.29, 1.82) is 0 Å². The highest BCUT2D eigenvalue weighted by atomic mass is 16.2. The van der Waals surface area contributed by atoms with E-state index in [-0.39, 0.29) is 5.91 Å². The van der Waals surface area contributed by atoms with Crippen LogP contribution in [0.3, 0.4) is 0 Å². The minimum atomic E-state index is -0.0426. The van der Waals surface area contributed by atoms with Crippen LogP contribution in [0.4, 0.5) is 5.82 Å². The zero-order valence-corrected chi connectivity index (χ0v) is 16.3. The molecule has 0 radical (unpaired) electrons. The standard InChI is InChI=1S/C23H24N4O/c1-16-7-3-4-9-19(16)14-24-22-13-21(25-17(2)26-22)23(28)27-12-11-18-8-5-6-10-20(18)15-27/h3-10,13H,11-12,14-15H2,1-2H3,(H,24,25,26). The first-order chi connectivity index (χ1) is 13.6. The topological polar surface area (TPSA) is 58.1 Å². The lowest BCUT2D eigenvalue weighted by atomic mass is 10.00. The van der Waals surface area contributed by atoms with Crippen molar-refractivity contribution in [2.24, 2.45) is 0 Å². The number of nitrogens with zero attached hydrogens (tertiary/aromatic N) is 3. The molecule has 0 bridgehead atoms. The molecule has 5 nitrogen and oxygen atoms in total. The summed E-state index contributed by atoms with van der Waals surface area (Å²) < 4.78 is 0. The molecular formula is C23H24N4O. The number of aryl methyl sites for hydroxylation is 2. The number of nitrogens with one attached hydrogen (secondary N) is 1.